The van der Waals surface area contributed by atoms with Crippen LogP contribution in [0.5, 0.6) is 46.0 Å². The molecule has 5 aliphatic rings. The number of amides is 7. The first kappa shape index (κ1) is 93.3. The number of hydrogen-bond acceptors (Lipinski definition) is 28. The number of carbonyl (C=O) groups excluding carboxylic acids is 7. The summed E-state index contributed by atoms with van der Waals surface area (Å²) >= 11 is 15.4. The lowest BCUT2D eigenvalue weighted by atomic mass is 9.85. The first-order valence-corrected chi connectivity index (χ1v) is 42.1. The number of fused-ring (bicyclic) bond motifs is 8. The zero-order valence-corrected chi connectivity index (χ0v) is 70.7. The third-order valence-corrected chi connectivity index (χ3v) is 23.4. The van der Waals surface area contributed by atoms with E-state index in [2.05, 4.69) is 54.3 Å². The number of halogens is 2. The molecule has 0 saturated carbocycles. The molecule has 6 heterocycles. The molecule has 662 valence electrons. The number of ether oxygens (including phenoxy) is 6. The van der Waals surface area contributed by atoms with E-state index in [0.717, 1.165) is 93.1 Å². The number of aliphatic carboxylic acids is 1. The molecule has 18 atom stereocenters. The number of nitrogens with one attached hydrogen (secondary N) is 7. The third kappa shape index (κ3) is 22.6. The molecular formula is C85H103Cl2N11O24S. The second-order valence-corrected chi connectivity index (χ2v) is 33.4. The number of aromatic nitrogens is 2. The minimum absolute atomic E-state index is 0.0193. The Labute approximate surface area is 721 Å². The van der Waals surface area contributed by atoms with Crippen LogP contribution >= 0.6 is 35.0 Å². The van der Waals surface area contributed by atoms with E-state index in [9.17, 15) is 74.7 Å². The van der Waals surface area contributed by atoms with Crippen LogP contribution in [0.2, 0.25) is 10.0 Å². The Hall–Kier alpha value is -10.5. The van der Waals surface area contributed by atoms with Crippen molar-refractivity contribution in [2.45, 2.75) is 227 Å². The molecule has 123 heavy (non-hydrogen) atoms. The Bertz CT molecular complexity index is 4980. The molecule has 8 bridgehead atoms. The number of nitrogens with zero attached hydrogens (tertiary/aromatic N) is 2. The van der Waals surface area contributed by atoms with Crippen LogP contribution in [0, 0.1) is 5.92 Å². The lowest BCUT2D eigenvalue weighted by molar-refractivity contribution is -0.330. The molecule has 1 aromatic heterocycles. The highest BCUT2D eigenvalue weighted by Crippen LogP contribution is 2.50. The van der Waals surface area contributed by atoms with Crippen LogP contribution < -0.4 is 62.9 Å². The van der Waals surface area contributed by atoms with Crippen molar-refractivity contribution < 1.29 is 117 Å². The number of aliphatic hydroxyl groups is 5. The molecule has 2 saturated heterocycles. The van der Waals surface area contributed by atoms with Crippen molar-refractivity contribution in [3.63, 3.8) is 0 Å². The molecule has 2 fully saturated rings. The van der Waals surface area contributed by atoms with Crippen LogP contribution in [0.4, 0.5) is 0 Å². The average Bonchev–Trinajstić information content (AvgIpc) is 1.31. The van der Waals surface area contributed by atoms with E-state index in [-0.39, 0.29) is 85.0 Å². The van der Waals surface area contributed by atoms with Crippen LogP contribution in [-0.2, 0) is 52.6 Å². The summed E-state index contributed by atoms with van der Waals surface area (Å²) in [6.07, 6.45) is -8.74. The number of primary amides is 2. The summed E-state index contributed by atoms with van der Waals surface area (Å²) in [5, 5.41) is 133. The van der Waals surface area contributed by atoms with E-state index < -0.39 is 208 Å². The van der Waals surface area contributed by atoms with Gasteiger partial charge in [0.05, 0.1) is 46.7 Å². The number of aromatic hydroxyl groups is 3. The van der Waals surface area contributed by atoms with Crippen LogP contribution in [0.15, 0.2) is 119 Å². The SMILES string of the molecule is CCCCCCCCCCNC1(C)CC(OC2C(Oc3c4cc(cc3Oc3ccc([C@@H](O)[C@@H](NC(=O)[C@H](CC(C)C)NC)C(=O)N[C@@H](CC(N)=O)C(N)=O)cc3Cl)[C@@H](C)C(=O)N[C@H]3C(=O)NC(C(=O)N[C@@H](C(=O)O)c5cc(O)cc(O)c5-c5cc3ccc5O)[C@H](O)c3ccc(c(Cl)c3)O4)OC(CSc3nnc(-c4ccccc4)o3)C(O)C2O)OC(C)C1O. The van der Waals surface area contributed by atoms with Crippen molar-refractivity contribution in [1.82, 2.24) is 47.4 Å². The van der Waals surface area contributed by atoms with Gasteiger partial charge >= 0.3 is 5.97 Å². The monoisotopic (exact) mass is 1760 g/mol. The summed E-state index contributed by atoms with van der Waals surface area (Å²) in [4.78, 5) is 112. The van der Waals surface area contributed by atoms with Crippen LogP contribution in [0.3, 0.4) is 0 Å². The molecule has 35 nitrogen and oxygen atoms in total. The molecule has 7 amide bonds. The first-order chi connectivity index (χ1) is 58.5. The van der Waals surface area contributed by atoms with E-state index in [1.165, 1.54) is 62.9 Å². The van der Waals surface area contributed by atoms with Crippen LogP contribution in [0.25, 0.3) is 22.6 Å². The normalized spacial score (nSPS) is 24.3. The van der Waals surface area contributed by atoms with Gasteiger partial charge in [0.25, 0.3) is 5.22 Å². The van der Waals surface area contributed by atoms with Gasteiger partial charge in [-0.3, -0.25) is 33.6 Å². The van der Waals surface area contributed by atoms with E-state index in [0.29, 0.717) is 12.1 Å². The van der Waals surface area contributed by atoms with Crippen molar-refractivity contribution in [2.75, 3.05) is 19.3 Å². The fraction of sp³-hybridized carbons (Fsp3) is 0.459. The number of hydrogen-bond donors (Lipinski definition) is 18. The van der Waals surface area contributed by atoms with Gasteiger partial charge in [0.1, 0.15) is 77.3 Å². The molecule has 6 aromatic carbocycles. The first-order valence-electron chi connectivity index (χ1n) is 40.4. The number of carboxylic acid groups (broad SMARTS) is 1. The minimum Gasteiger partial charge on any atom is -0.508 e. The Morgan fingerprint density at radius 2 is 1.45 bits per heavy atom. The quantitative estimate of drug-likeness (QED) is 0.0143. The van der Waals surface area contributed by atoms with Crippen LogP contribution in [-0.4, -0.2) is 202 Å². The highest BCUT2D eigenvalue weighted by atomic mass is 35.5. The number of phenols is 3. The minimum atomic E-state index is -2.18. The highest BCUT2D eigenvalue weighted by Gasteiger charge is 2.52. The predicted molar refractivity (Wildman–Crippen MR) is 446 cm³/mol. The van der Waals surface area contributed by atoms with Gasteiger partial charge in [-0.05, 0) is 142 Å². The maximum absolute atomic E-state index is 15.6. The van der Waals surface area contributed by atoms with E-state index in [4.69, 9.17) is 67.5 Å². The topological polar surface area (TPSA) is 549 Å². The molecule has 38 heteroatoms. The Balaban J connectivity index is 1.06. The van der Waals surface area contributed by atoms with Gasteiger partial charge in [-0.25, -0.2) is 4.79 Å². The molecule has 0 aliphatic carbocycles. The maximum Gasteiger partial charge on any atom is 0.330 e. The van der Waals surface area contributed by atoms with Crippen molar-refractivity contribution in [1.29, 1.82) is 0 Å². The van der Waals surface area contributed by atoms with Crippen LogP contribution in [0.1, 0.15) is 170 Å². The summed E-state index contributed by atoms with van der Waals surface area (Å²) < 4.78 is 46.7. The summed E-state index contributed by atoms with van der Waals surface area (Å²) in [7, 11) is 1.50. The zero-order valence-electron chi connectivity index (χ0n) is 68.3. The van der Waals surface area contributed by atoms with Gasteiger partial charge in [-0.1, -0.05) is 137 Å². The summed E-state index contributed by atoms with van der Waals surface area (Å²) in [6.45, 7) is 11.2. The number of thioether (sulfide) groups is 1. The lowest BCUT2D eigenvalue weighted by Crippen LogP contribution is -2.65. The summed E-state index contributed by atoms with van der Waals surface area (Å²) in [5.74, 6) is -15.3. The summed E-state index contributed by atoms with van der Waals surface area (Å²) in [6, 6.07) is 12.9. The maximum atomic E-state index is 15.6. The van der Waals surface area contributed by atoms with Gasteiger partial charge in [0.2, 0.25) is 59.3 Å². The molecule has 0 spiro atoms. The van der Waals surface area contributed by atoms with Crippen molar-refractivity contribution >= 4 is 82.3 Å². The van der Waals surface area contributed by atoms with E-state index >= 15 is 9.59 Å². The van der Waals surface area contributed by atoms with Gasteiger partial charge < -0.3 is 127 Å². The van der Waals surface area contributed by atoms with Gasteiger partial charge in [-0.15, -0.1) is 10.2 Å². The molecular weight excluding hydrogens is 1660 g/mol. The number of phenolic OH excluding ortho intramolecular Hbond substituents is 3. The number of nitrogens with two attached hydrogens (primary N) is 2. The van der Waals surface area contributed by atoms with Gasteiger partial charge in [0.15, 0.2) is 29.9 Å². The fourth-order valence-corrected chi connectivity index (χ4v) is 16.4. The number of likely N-dealkylation sites (N-methyl/N-ethyl adjacent to an activating group) is 1. The Kier molecular flexibility index (Phi) is 31.4. The third-order valence-electron chi connectivity index (χ3n) is 21.9. The molecule has 7 aromatic rings. The molecule has 20 N–H and O–H groups in total. The van der Waals surface area contributed by atoms with Crippen molar-refractivity contribution in [2.24, 2.45) is 17.4 Å². The standard InChI is InChI=1S/C85H103Cl2N11O24S/c1-8-9-10-11-12-13-14-18-27-91-85(6)37-62(116-41(5)74(85)107)120-73-71(106)70(105)60(38-123-84-98-97-81(122-84)42-19-16-15-17-20-42)119-83(73)121-72-58(117-56-25-22-44(30-50(56)86)68(103)66(95-77(110)53(90-7)28-39(2)3)79(112)92-52(75(89)108)36-61(88)102)32-46-33-59(72)118-57-26-23-45(31-51(57)87)69(104)67-80(113)94-65(82(114)115)49-34-47(99)35-55(101)63(49)48-29-43(21-24-54(48)100)64(78(111)96-67)93-76(109)40(46)4/h15-17,19-26,29-35,39-41,52-53,60,62,64-71,73-74,83,90-91,99-101,103-107H,8-14,18,27-28,36-38H2,1-7H3,(H2,88,102)(H2,89,108)(H,92,112)(H,93,109)(H,94,113)(H,95,110)(H,96,111)(H,114,115)/t40-,41?,52+,53+,60?,62?,64-,65-,66-,67?,68-,69-,70?,71?,73?,74?,83?,85?/m1/s1. The molecule has 0 radical (unpaired) electrons. The second-order valence-electron chi connectivity index (χ2n) is 31.6. The highest BCUT2D eigenvalue weighted by molar-refractivity contribution is 7.99. The number of unbranched alkanes of at least 4 members (excludes halogenated alkanes) is 7. The number of benzene rings is 6. The fourth-order valence-electron chi connectivity index (χ4n) is 15.1. The van der Waals surface area contributed by atoms with E-state index in [1.54, 1.807) is 44.2 Å². The predicted octanol–water partition coefficient (Wildman–Crippen LogP) is 7.15. The Morgan fingerprint density at radius 1 is 0.732 bits per heavy atom. The van der Waals surface area contributed by atoms with E-state index in [1.807, 2.05) is 13.8 Å². The van der Waals surface area contributed by atoms with Gasteiger partial charge in [0, 0.05) is 46.0 Å². The van der Waals surface area contributed by atoms with Crippen molar-refractivity contribution in [3.05, 3.63) is 147 Å². The second kappa shape index (κ2) is 41.4. The smallest absolute Gasteiger partial charge is 0.330 e. The largest absolute Gasteiger partial charge is 0.508 e. The average molecular weight is 1770 g/mol. The molecule has 10 unspecified atom stereocenters. The zero-order chi connectivity index (χ0) is 89.0. The number of carbonyl (C=O) groups is 8. The lowest BCUT2D eigenvalue weighted by Gasteiger charge is -2.48. The summed E-state index contributed by atoms with van der Waals surface area (Å²) in [5.41, 5.74) is 8.55. The number of aliphatic hydroxyl groups excluding tert-OH is 5. The molecule has 12 rings (SSSR count). The number of rotatable bonds is 33. The van der Waals surface area contributed by atoms with Gasteiger partial charge in [-0.2, -0.15) is 0 Å². The van der Waals surface area contributed by atoms with Crippen molar-refractivity contribution in [3.8, 4) is 68.6 Å². The Morgan fingerprint density at radius 3 is 2.12 bits per heavy atom. The molecule has 5 aliphatic heterocycles. The number of carboxylic acids is 1.